The van der Waals surface area contributed by atoms with Crippen molar-refractivity contribution in [2.75, 3.05) is 6.54 Å². The fourth-order valence-electron chi connectivity index (χ4n) is 3.39. The Morgan fingerprint density at radius 1 is 1.22 bits per heavy atom. The third kappa shape index (κ3) is 4.43. The highest BCUT2D eigenvalue weighted by atomic mass is 15.3. The highest BCUT2D eigenvalue weighted by Gasteiger charge is 2.25. The van der Waals surface area contributed by atoms with Crippen molar-refractivity contribution >= 4 is 0 Å². The Hall–Kier alpha value is -1.65. The number of benzene rings is 1. The summed E-state index contributed by atoms with van der Waals surface area (Å²) in [4.78, 5) is 2.60. The van der Waals surface area contributed by atoms with E-state index in [0.29, 0.717) is 12.1 Å². The SMILES string of the molecule is CCn1cc(CNC2CCN(Cc3ccccc3)C(C)C2)cn1. The van der Waals surface area contributed by atoms with E-state index in [-0.39, 0.29) is 0 Å². The quantitative estimate of drug-likeness (QED) is 0.890. The Morgan fingerprint density at radius 2 is 2.04 bits per heavy atom. The second-order valence-electron chi connectivity index (χ2n) is 6.61. The number of rotatable bonds is 6. The van der Waals surface area contributed by atoms with E-state index in [1.54, 1.807) is 0 Å². The zero-order valence-electron chi connectivity index (χ0n) is 14.3. The normalized spacial score (nSPS) is 22.3. The summed E-state index contributed by atoms with van der Waals surface area (Å²) in [6.45, 7) is 8.57. The minimum absolute atomic E-state index is 0.613. The molecule has 0 spiro atoms. The first kappa shape index (κ1) is 16.2. The van der Waals surface area contributed by atoms with E-state index in [0.717, 1.165) is 19.6 Å². The van der Waals surface area contributed by atoms with E-state index in [9.17, 15) is 0 Å². The van der Waals surface area contributed by atoms with Crippen molar-refractivity contribution in [2.24, 2.45) is 0 Å². The summed E-state index contributed by atoms with van der Waals surface area (Å²) < 4.78 is 1.99. The van der Waals surface area contributed by atoms with Crippen LogP contribution in [-0.4, -0.2) is 33.3 Å². The van der Waals surface area contributed by atoms with Gasteiger partial charge in [-0.15, -0.1) is 0 Å². The molecule has 0 saturated carbocycles. The highest BCUT2D eigenvalue weighted by molar-refractivity contribution is 5.14. The van der Waals surface area contributed by atoms with Crippen LogP contribution in [0.4, 0.5) is 0 Å². The monoisotopic (exact) mass is 312 g/mol. The Kier molecular flexibility index (Phi) is 5.47. The van der Waals surface area contributed by atoms with E-state index in [1.165, 1.54) is 30.5 Å². The van der Waals surface area contributed by atoms with Gasteiger partial charge in [-0.05, 0) is 32.3 Å². The summed E-state index contributed by atoms with van der Waals surface area (Å²) in [5.74, 6) is 0. The van der Waals surface area contributed by atoms with Crippen LogP contribution in [0.25, 0.3) is 0 Å². The lowest BCUT2D eigenvalue weighted by molar-refractivity contribution is 0.128. The number of likely N-dealkylation sites (tertiary alicyclic amines) is 1. The van der Waals surface area contributed by atoms with Crippen LogP contribution in [0.1, 0.15) is 37.8 Å². The first-order valence-electron chi connectivity index (χ1n) is 8.77. The lowest BCUT2D eigenvalue weighted by atomic mass is 9.97. The van der Waals surface area contributed by atoms with Gasteiger partial charge in [0.05, 0.1) is 6.20 Å². The fraction of sp³-hybridized carbons (Fsp3) is 0.526. The van der Waals surface area contributed by atoms with Gasteiger partial charge < -0.3 is 5.32 Å². The number of nitrogens with zero attached hydrogens (tertiary/aromatic N) is 3. The molecule has 2 heterocycles. The molecule has 0 aliphatic carbocycles. The van der Waals surface area contributed by atoms with Crippen LogP contribution in [-0.2, 0) is 19.6 Å². The van der Waals surface area contributed by atoms with Crippen molar-refractivity contribution in [1.82, 2.24) is 20.0 Å². The van der Waals surface area contributed by atoms with Gasteiger partial charge in [0.1, 0.15) is 0 Å². The van der Waals surface area contributed by atoms with Crippen molar-refractivity contribution in [2.45, 2.75) is 58.4 Å². The predicted molar refractivity (Wildman–Crippen MR) is 94.1 cm³/mol. The molecular formula is C19H28N4. The smallest absolute Gasteiger partial charge is 0.0534 e. The Labute approximate surface area is 139 Å². The maximum Gasteiger partial charge on any atom is 0.0534 e. The molecule has 1 saturated heterocycles. The van der Waals surface area contributed by atoms with Gasteiger partial charge in [-0.2, -0.15) is 5.10 Å². The number of piperidine rings is 1. The molecule has 4 heteroatoms. The van der Waals surface area contributed by atoms with Crippen LogP contribution in [0, 0.1) is 0 Å². The molecule has 0 amide bonds. The standard InChI is InChI=1S/C19H28N4/c1-3-23-15-18(13-21-23)12-20-19-9-10-22(16(2)11-19)14-17-7-5-4-6-8-17/h4-8,13,15-16,19-20H,3,9-12,14H2,1-2H3. The molecule has 1 N–H and O–H groups in total. The van der Waals surface area contributed by atoms with Crippen LogP contribution in [0.5, 0.6) is 0 Å². The molecular weight excluding hydrogens is 284 g/mol. The average Bonchev–Trinajstić information content (AvgIpc) is 3.04. The molecule has 1 aromatic carbocycles. The van der Waals surface area contributed by atoms with Gasteiger partial charge in [-0.25, -0.2) is 0 Å². The Bertz CT molecular complexity index is 592. The first-order chi connectivity index (χ1) is 11.2. The van der Waals surface area contributed by atoms with Crippen molar-refractivity contribution in [3.63, 3.8) is 0 Å². The maximum atomic E-state index is 4.34. The number of aromatic nitrogens is 2. The van der Waals surface area contributed by atoms with Gasteiger partial charge in [0.15, 0.2) is 0 Å². The van der Waals surface area contributed by atoms with Crippen molar-refractivity contribution in [1.29, 1.82) is 0 Å². The van der Waals surface area contributed by atoms with Gasteiger partial charge in [-0.3, -0.25) is 9.58 Å². The van der Waals surface area contributed by atoms with Gasteiger partial charge >= 0.3 is 0 Å². The molecule has 0 bridgehead atoms. The van der Waals surface area contributed by atoms with Crippen LogP contribution in [0.2, 0.25) is 0 Å². The summed E-state index contributed by atoms with van der Waals surface area (Å²) in [5.41, 5.74) is 2.70. The number of hydrogen-bond acceptors (Lipinski definition) is 3. The fourth-order valence-corrected chi connectivity index (χ4v) is 3.39. The second-order valence-corrected chi connectivity index (χ2v) is 6.61. The minimum Gasteiger partial charge on any atom is -0.310 e. The number of hydrogen-bond donors (Lipinski definition) is 1. The van der Waals surface area contributed by atoms with Crippen LogP contribution in [0.15, 0.2) is 42.7 Å². The summed E-state index contributed by atoms with van der Waals surface area (Å²) in [7, 11) is 0. The van der Waals surface area contributed by atoms with Gasteiger partial charge in [0.2, 0.25) is 0 Å². The molecule has 2 unspecified atom stereocenters. The molecule has 2 atom stereocenters. The molecule has 4 nitrogen and oxygen atoms in total. The lowest BCUT2D eigenvalue weighted by Crippen LogP contribution is -2.46. The largest absolute Gasteiger partial charge is 0.310 e. The lowest BCUT2D eigenvalue weighted by Gasteiger charge is -2.38. The molecule has 124 valence electrons. The van der Waals surface area contributed by atoms with E-state index in [2.05, 4.69) is 65.7 Å². The highest BCUT2D eigenvalue weighted by Crippen LogP contribution is 2.20. The molecule has 2 aromatic rings. The summed E-state index contributed by atoms with van der Waals surface area (Å²) in [6.07, 6.45) is 6.55. The first-order valence-corrected chi connectivity index (χ1v) is 8.77. The van der Waals surface area contributed by atoms with E-state index < -0.39 is 0 Å². The number of nitrogens with one attached hydrogen (secondary N) is 1. The van der Waals surface area contributed by atoms with Crippen LogP contribution < -0.4 is 5.32 Å². The molecule has 3 rings (SSSR count). The Morgan fingerprint density at radius 3 is 2.74 bits per heavy atom. The van der Waals surface area contributed by atoms with E-state index in [1.807, 2.05) is 10.9 Å². The van der Waals surface area contributed by atoms with Gasteiger partial charge in [0, 0.05) is 50.0 Å². The third-order valence-electron chi connectivity index (χ3n) is 4.85. The average molecular weight is 312 g/mol. The van der Waals surface area contributed by atoms with Crippen LogP contribution in [0.3, 0.4) is 0 Å². The van der Waals surface area contributed by atoms with E-state index in [4.69, 9.17) is 0 Å². The minimum atomic E-state index is 0.613. The predicted octanol–water partition coefficient (Wildman–Crippen LogP) is 3.05. The van der Waals surface area contributed by atoms with Crippen molar-refractivity contribution < 1.29 is 0 Å². The molecule has 1 fully saturated rings. The van der Waals surface area contributed by atoms with Crippen molar-refractivity contribution in [3.8, 4) is 0 Å². The Balaban J connectivity index is 1.46. The molecule has 0 radical (unpaired) electrons. The number of aryl methyl sites for hydroxylation is 1. The molecule has 23 heavy (non-hydrogen) atoms. The third-order valence-corrected chi connectivity index (χ3v) is 4.85. The van der Waals surface area contributed by atoms with Gasteiger partial charge in [0.25, 0.3) is 0 Å². The molecule has 1 aliphatic rings. The summed E-state index contributed by atoms with van der Waals surface area (Å²) >= 11 is 0. The topological polar surface area (TPSA) is 33.1 Å². The molecule has 1 aliphatic heterocycles. The summed E-state index contributed by atoms with van der Waals surface area (Å²) in [5, 5.41) is 8.05. The maximum absolute atomic E-state index is 4.34. The second kappa shape index (κ2) is 7.75. The van der Waals surface area contributed by atoms with Gasteiger partial charge in [-0.1, -0.05) is 30.3 Å². The zero-order valence-corrected chi connectivity index (χ0v) is 14.3. The zero-order chi connectivity index (χ0) is 16.1. The van der Waals surface area contributed by atoms with E-state index >= 15 is 0 Å². The van der Waals surface area contributed by atoms with Crippen LogP contribution >= 0.6 is 0 Å². The summed E-state index contributed by atoms with van der Waals surface area (Å²) in [6, 6.07) is 12.0. The van der Waals surface area contributed by atoms with Crippen molar-refractivity contribution in [3.05, 3.63) is 53.9 Å². The molecule has 1 aromatic heterocycles.